The minimum atomic E-state index is -0.103. The first-order chi connectivity index (χ1) is 12.9. The summed E-state index contributed by atoms with van der Waals surface area (Å²) in [7, 11) is 3.92. The molecule has 0 spiro atoms. The van der Waals surface area contributed by atoms with Crippen LogP contribution in [0.4, 0.5) is 11.4 Å². The lowest BCUT2D eigenvalue weighted by Gasteiger charge is -2.13. The van der Waals surface area contributed by atoms with Gasteiger partial charge in [0.25, 0.3) is 5.91 Å². The molecule has 3 aromatic carbocycles. The van der Waals surface area contributed by atoms with Crippen LogP contribution < -0.4 is 10.2 Å². The summed E-state index contributed by atoms with van der Waals surface area (Å²) in [6.45, 7) is 4.23. The molecule has 3 nitrogen and oxygen atoms in total. The summed E-state index contributed by atoms with van der Waals surface area (Å²) in [6, 6.07) is 22.0. The van der Waals surface area contributed by atoms with E-state index in [1.54, 1.807) is 11.8 Å². The molecule has 0 saturated carbocycles. The largest absolute Gasteiger partial charge is 0.378 e. The fourth-order valence-electron chi connectivity index (χ4n) is 2.68. The summed E-state index contributed by atoms with van der Waals surface area (Å²) in [4.78, 5) is 16.9. The molecule has 138 valence electrons. The standard InChI is InChI=1S/C23H24N2OS/c1-16-8-9-17(2)22(14-16)27-21-12-10-19(11-13-21)24-23(26)18-6-5-7-20(15-18)25(3)4/h5-15H,1-4H3,(H,24,26). The van der Waals surface area contributed by atoms with Crippen LogP contribution in [0.15, 0.2) is 76.5 Å². The third-order valence-electron chi connectivity index (χ3n) is 4.31. The number of nitrogens with zero attached hydrogens (tertiary/aromatic N) is 1. The van der Waals surface area contributed by atoms with Gasteiger partial charge in [-0.15, -0.1) is 0 Å². The van der Waals surface area contributed by atoms with Crippen molar-refractivity contribution in [3.63, 3.8) is 0 Å². The van der Waals surface area contributed by atoms with Crippen LogP contribution in [0.1, 0.15) is 21.5 Å². The first-order valence-corrected chi connectivity index (χ1v) is 9.68. The van der Waals surface area contributed by atoms with E-state index in [1.165, 1.54) is 16.0 Å². The predicted octanol–water partition coefficient (Wildman–Crippen LogP) is 5.77. The van der Waals surface area contributed by atoms with Crippen molar-refractivity contribution in [3.8, 4) is 0 Å². The van der Waals surface area contributed by atoms with Crippen LogP contribution in [0.2, 0.25) is 0 Å². The zero-order chi connectivity index (χ0) is 19.4. The summed E-state index contributed by atoms with van der Waals surface area (Å²) in [5.74, 6) is -0.103. The normalized spacial score (nSPS) is 10.5. The number of aryl methyl sites for hydroxylation is 2. The van der Waals surface area contributed by atoms with E-state index < -0.39 is 0 Å². The molecule has 0 aromatic heterocycles. The van der Waals surface area contributed by atoms with Crippen LogP contribution in [0.25, 0.3) is 0 Å². The zero-order valence-electron chi connectivity index (χ0n) is 16.1. The molecule has 0 radical (unpaired) electrons. The van der Waals surface area contributed by atoms with Crippen LogP contribution in [0.3, 0.4) is 0 Å². The second-order valence-electron chi connectivity index (χ2n) is 6.79. The molecule has 3 aromatic rings. The SMILES string of the molecule is Cc1ccc(C)c(Sc2ccc(NC(=O)c3cccc(N(C)C)c3)cc2)c1. The summed E-state index contributed by atoms with van der Waals surface area (Å²) in [5, 5.41) is 2.97. The van der Waals surface area contributed by atoms with Gasteiger partial charge in [-0.3, -0.25) is 4.79 Å². The highest BCUT2D eigenvalue weighted by molar-refractivity contribution is 7.99. The van der Waals surface area contributed by atoms with Gasteiger partial charge in [-0.2, -0.15) is 0 Å². The van der Waals surface area contributed by atoms with Crippen LogP contribution >= 0.6 is 11.8 Å². The van der Waals surface area contributed by atoms with Crippen molar-refractivity contribution in [2.45, 2.75) is 23.6 Å². The van der Waals surface area contributed by atoms with Gasteiger partial charge in [0.2, 0.25) is 0 Å². The van der Waals surface area contributed by atoms with Crippen molar-refractivity contribution in [2.75, 3.05) is 24.3 Å². The van der Waals surface area contributed by atoms with Gasteiger partial charge >= 0.3 is 0 Å². The Balaban J connectivity index is 1.69. The van der Waals surface area contributed by atoms with Crippen molar-refractivity contribution in [3.05, 3.63) is 83.4 Å². The number of anilines is 2. The topological polar surface area (TPSA) is 32.3 Å². The van der Waals surface area contributed by atoms with E-state index in [2.05, 4.69) is 37.4 Å². The van der Waals surface area contributed by atoms with Crippen LogP contribution in [-0.2, 0) is 0 Å². The zero-order valence-corrected chi connectivity index (χ0v) is 16.9. The van der Waals surface area contributed by atoms with Gasteiger partial charge < -0.3 is 10.2 Å². The molecule has 4 heteroatoms. The van der Waals surface area contributed by atoms with E-state index >= 15 is 0 Å². The Hall–Kier alpha value is -2.72. The number of hydrogen-bond donors (Lipinski definition) is 1. The lowest BCUT2D eigenvalue weighted by Crippen LogP contribution is -2.14. The molecule has 0 aliphatic heterocycles. The Morgan fingerprint density at radius 1 is 0.926 bits per heavy atom. The van der Waals surface area contributed by atoms with Crippen molar-refractivity contribution in [1.82, 2.24) is 0 Å². The Kier molecular flexibility index (Phi) is 5.87. The highest BCUT2D eigenvalue weighted by atomic mass is 32.2. The summed E-state index contributed by atoms with van der Waals surface area (Å²) < 4.78 is 0. The Labute approximate surface area is 165 Å². The van der Waals surface area contributed by atoms with Gasteiger partial charge in [0, 0.05) is 40.8 Å². The Morgan fingerprint density at radius 3 is 2.37 bits per heavy atom. The minimum Gasteiger partial charge on any atom is -0.378 e. The number of carbonyl (C=O) groups is 1. The molecular weight excluding hydrogens is 352 g/mol. The second kappa shape index (κ2) is 8.31. The molecule has 1 amide bonds. The number of hydrogen-bond acceptors (Lipinski definition) is 3. The fourth-order valence-corrected chi connectivity index (χ4v) is 3.68. The first kappa shape index (κ1) is 19.1. The quantitative estimate of drug-likeness (QED) is 0.613. The highest BCUT2D eigenvalue weighted by Crippen LogP contribution is 2.31. The van der Waals surface area contributed by atoms with E-state index in [0.717, 1.165) is 16.3 Å². The Bertz CT molecular complexity index is 949. The lowest BCUT2D eigenvalue weighted by atomic mass is 10.1. The first-order valence-electron chi connectivity index (χ1n) is 8.86. The molecule has 1 N–H and O–H groups in total. The monoisotopic (exact) mass is 376 g/mol. The van der Waals surface area contributed by atoms with Crippen LogP contribution in [0, 0.1) is 13.8 Å². The lowest BCUT2D eigenvalue weighted by molar-refractivity contribution is 0.102. The molecule has 0 fully saturated rings. The van der Waals surface area contributed by atoms with E-state index in [0.29, 0.717) is 5.56 Å². The van der Waals surface area contributed by atoms with Gasteiger partial charge in [-0.25, -0.2) is 0 Å². The van der Waals surface area contributed by atoms with Gasteiger partial charge in [-0.1, -0.05) is 30.0 Å². The average Bonchev–Trinajstić information content (AvgIpc) is 2.66. The molecule has 0 atom stereocenters. The van der Waals surface area contributed by atoms with Crippen LogP contribution in [-0.4, -0.2) is 20.0 Å². The van der Waals surface area contributed by atoms with E-state index in [4.69, 9.17) is 0 Å². The Morgan fingerprint density at radius 2 is 1.67 bits per heavy atom. The van der Waals surface area contributed by atoms with E-state index in [9.17, 15) is 4.79 Å². The molecular formula is C23H24N2OS. The molecule has 3 rings (SSSR count). The third-order valence-corrected chi connectivity index (χ3v) is 5.48. The maximum atomic E-state index is 12.5. The molecule has 0 aliphatic rings. The molecule has 0 bridgehead atoms. The van der Waals surface area contributed by atoms with Crippen molar-refractivity contribution < 1.29 is 4.79 Å². The number of amides is 1. The number of carbonyl (C=O) groups excluding carboxylic acids is 1. The number of benzene rings is 3. The summed E-state index contributed by atoms with van der Waals surface area (Å²) in [6.07, 6.45) is 0. The number of nitrogens with one attached hydrogen (secondary N) is 1. The summed E-state index contributed by atoms with van der Waals surface area (Å²) >= 11 is 1.74. The van der Waals surface area contributed by atoms with Gasteiger partial charge in [0.15, 0.2) is 0 Å². The molecule has 27 heavy (non-hydrogen) atoms. The van der Waals surface area contributed by atoms with Crippen molar-refractivity contribution in [2.24, 2.45) is 0 Å². The maximum absolute atomic E-state index is 12.5. The molecule has 0 unspecified atom stereocenters. The van der Waals surface area contributed by atoms with E-state index in [-0.39, 0.29) is 5.91 Å². The fraction of sp³-hybridized carbons (Fsp3) is 0.174. The van der Waals surface area contributed by atoms with Crippen molar-refractivity contribution in [1.29, 1.82) is 0 Å². The van der Waals surface area contributed by atoms with E-state index in [1.807, 2.05) is 67.5 Å². The van der Waals surface area contributed by atoms with Crippen molar-refractivity contribution >= 4 is 29.0 Å². The molecule has 0 heterocycles. The number of rotatable bonds is 5. The van der Waals surface area contributed by atoms with Gasteiger partial charge in [0.1, 0.15) is 0 Å². The van der Waals surface area contributed by atoms with Gasteiger partial charge in [-0.05, 0) is 73.5 Å². The maximum Gasteiger partial charge on any atom is 0.255 e. The smallest absolute Gasteiger partial charge is 0.255 e. The molecule has 0 saturated heterocycles. The molecule has 0 aliphatic carbocycles. The average molecular weight is 377 g/mol. The second-order valence-corrected chi connectivity index (χ2v) is 7.91. The predicted molar refractivity (Wildman–Crippen MR) is 115 cm³/mol. The highest BCUT2D eigenvalue weighted by Gasteiger charge is 2.08. The summed E-state index contributed by atoms with van der Waals surface area (Å²) in [5.41, 5.74) is 4.97. The van der Waals surface area contributed by atoms with Gasteiger partial charge in [0.05, 0.1) is 0 Å². The minimum absolute atomic E-state index is 0.103. The van der Waals surface area contributed by atoms with Crippen LogP contribution in [0.5, 0.6) is 0 Å². The third kappa shape index (κ3) is 4.92.